The van der Waals surface area contributed by atoms with Crippen LogP contribution in [0.5, 0.6) is 0 Å². The molecule has 0 amide bonds. The molecule has 0 aliphatic heterocycles. The highest BCUT2D eigenvalue weighted by Crippen LogP contribution is 2.53. The van der Waals surface area contributed by atoms with Gasteiger partial charge in [0.25, 0.3) is 0 Å². The maximum absolute atomic E-state index is 11.6. The average Bonchev–Trinajstić information content (AvgIpc) is 2.38. The molecular formula is C18H34O. The summed E-state index contributed by atoms with van der Waals surface area (Å²) in [5, 5.41) is 11.6. The van der Waals surface area contributed by atoms with Crippen LogP contribution in [0.4, 0.5) is 0 Å². The lowest BCUT2D eigenvalue weighted by atomic mass is 9.55. The maximum atomic E-state index is 11.6. The molecule has 4 atom stereocenters. The summed E-state index contributed by atoms with van der Waals surface area (Å²) in [6.07, 6.45) is 11.4. The molecule has 1 nitrogen and oxygen atoms in total. The monoisotopic (exact) mass is 266 g/mol. The van der Waals surface area contributed by atoms with E-state index < -0.39 is 0 Å². The molecule has 2 aliphatic carbocycles. The van der Waals surface area contributed by atoms with Gasteiger partial charge in [-0.15, -0.1) is 0 Å². The lowest BCUT2D eigenvalue weighted by Crippen LogP contribution is -2.54. The number of rotatable bonds is 2. The molecule has 4 unspecified atom stereocenters. The van der Waals surface area contributed by atoms with Gasteiger partial charge in [-0.2, -0.15) is 0 Å². The Balaban J connectivity index is 2.25. The van der Waals surface area contributed by atoms with Gasteiger partial charge in [0.2, 0.25) is 0 Å². The average molecular weight is 266 g/mol. The van der Waals surface area contributed by atoms with Gasteiger partial charge in [0.1, 0.15) is 0 Å². The van der Waals surface area contributed by atoms with Gasteiger partial charge in [0.05, 0.1) is 5.60 Å². The van der Waals surface area contributed by atoms with E-state index in [1.54, 1.807) is 0 Å². The van der Waals surface area contributed by atoms with Gasteiger partial charge in [-0.05, 0) is 42.4 Å². The quantitative estimate of drug-likeness (QED) is 0.731. The molecule has 1 heteroatoms. The fraction of sp³-hybridized carbons (Fsp3) is 1.00. The van der Waals surface area contributed by atoms with Crippen LogP contribution in [0.25, 0.3) is 0 Å². The Morgan fingerprint density at radius 1 is 1.00 bits per heavy atom. The second-order valence-electron chi connectivity index (χ2n) is 8.21. The highest BCUT2D eigenvalue weighted by molar-refractivity contribution is 5.02. The molecule has 0 aromatic rings. The van der Waals surface area contributed by atoms with E-state index in [0.29, 0.717) is 11.8 Å². The number of hydrogen-bond donors (Lipinski definition) is 1. The minimum Gasteiger partial charge on any atom is -0.389 e. The van der Waals surface area contributed by atoms with Gasteiger partial charge in [-0.3, -0.25) is 0 Å². The van der Waals surface area contributed by atoms with Crippen molar-refractivity contribution in [3.63, 3.8) is 0 Å². The molecular weight excluding hydrogens is 232 g/mol. The Kier molecular flexibility index (Phi) is 4.65. The van der Waals surface area contributed by atoms with Crippen molar-refractivity contribution in [1.82, 2.24) is 0 Å². The topological polar surface area (TPSA) is 20.2 Å². The third-order valence-corrected chi connectivity index (χ3v) is 6.04. The van der Waals surface area contributed by atoms with Crippen molar-refractivity contribution in [2.75, 3.05) is 0 Å². The zero-order valence-corrected chi connectivity index (χ0v) is 13.5. The largest absolute Gasteiger partial charge is 0.389 e. The third-order valence-electron chi connectivity index (χ3n) is 6.04. The van der Waals surface area contributed by atoms with Crippen LogP contribution in [0.3, 0.4) is 0 Å². The van der Waals surface area contributed by atoms with Crippen LogP contribution in [0.15, 0.2) is 0 Å². The first-order valence-corrected chi connectivity index (χ1v) is 8.62. The van der Waals surface area contributed by atoms with Crippen LogP contribution < -0.4 is 0 Å². The molecule has 0 heterocycles. The summed E-state index contributed by atoms with van der Waals surface area (Å²) in [7, 11) is 0. The van der Waals surface area contributed by atoms with Gasteiger partial charge in [-0.25, -0.2) is 0 Å². The lowest BCUT2D eigenvalue weighted by Gasteiger charge is -2.53. The van der Waals surface area contributed by atoms with Crippen molar-refractivity contribution in [2.24, 2.45) is 23.2 Å². The van der Waals surface area contributed by atoms with E-state index >= 15 is 0 Å². The van der Waals surface area contributed by atoms with Crippen LogP contribution in [0, 0.1) is 23.2 Å². The van der Waals surface area contributed by atoms with E-state index in [2.05, 4.69) is 27.7 Å². The smallest absolute Gasteiger partial charge is 0.0711 e. The molecule has 112 valence electrons. The van der Waals surface area contributed by atoms with Crippen molar-refractivity contribution < 1.29 is 5.11 Å². The predicted molar refractivity (Wildman–Crippen MR) is 82.1 cm³/mol. The highest BCUT2D eigenvalue weighted by atomic mass is 16.3. The molecule has 1 N–H and O–H groups in total. The lowest BCUT2D eigenvalue weighted by molar-refractivity contribution is -0.151. The van der Waals surface area contributed by atoms with E-state index in [9.17, 15) is 5.11 Å². The molecule has 0 aromatic carbocycles. The first-order valence-electron chi connectivity index (χ1n) is 8.62. The second-order valence-corrected chi connectivity index (χ2v) is 8.21. The van der Waals surface area contributed by atoms with Crippen LogP contribution in [-0.4, -0.2) is 10.7 Å². The molecule has 2 saturated carbocycles. The fourth-order valence-corrected chi connectivity index (χ4v) is 5.16. The molecule has 19 heavy (non-hydrogen) atoms. The molecule has 0 spiro atoms. The van der Waals surface area contributed by atoms with Crippen molar-refractivity contribution >= 4 is 0 Å². The predicted octanol–water partition coefficient (Wildman–Crippen LogP) is 5.17. The Morgan fingerprint density at radius 3 is 2.26 bits per heavy atom. The van der Waals surface area contributed by atoms with Gasteiger partial charge in [-0.1, -0.05) is 66.2 Å². The standard InChI is InChI=1S/C18H34O/c1-5-14-10-6-7-11-15(14)18(19)13-9-8-12-16(18)17(2,3)4/h14-16,19H,5-13H2,1-4H3. The summed E-state index contributed by atoms with van der Waals surface area (Å²) in [5.41, 5.74) is -0.136. The summed E-state index contributed by atoms with van der Waals surface area (Å²) in [6, 6.07) is 0. The van der Waals surface area contributed by atoms with Crippen molar-refractivity contribution in [1.29, 1.82) is 0 Å². The second kappa shape index (κ2) is 5.76. The van der Waals surface area contributed by atoms with E-state index in [-0.39, 0.29) is 11.0 Å². The first-order chi connectivity index (χ1) is 8.89. The Bertz CT molecular complexity index is 291. The van der Waals surface area contributed by atoms with Crippen LogP contribution >= 0.6 is 0 Å². The zero-order chi connectivity index (χ0) is 14.1. The molecule has 0 aromatic heterocycles. The molecule has 2 fully saturated rings. The normalized spacial score (nSPS) is 41.2. The Hall–Kier alpha value is -0.0400. The molecule has 2 aliphatic rings. The highest BCUT2D eigenvalue weighted by Gasteiger charge is 2.51. The van der Waals surface area contributed by atoms with Gasteiger partial charge in [0, 0.05) is 0 Å². The fourth-order valence-electron chi connectivity index (χ4n) is 5.16. The zero-order valence-electron chi connectivity index (χ0n) is 13.5. The summed E-state index contributed by atoms with van der Waals surface area (Å²) < 4.78 is 0. The van der Waals surface area contributed by atoms with Crippen LogP contribution in [0.2, 0.25) is 0 Å². The Morgan fingerprint density at radius 2 is 1.63 bits per heavy atom. The number of aliphatic hydroxyl groups is 1. The van der Waals surface area contributed by atoms with Crippen LogP contribution in [0.1, 0.15) is 85.5 Å². The summed E-state index contributed by atoms with van der Waals surface area (Å²) >= 11 is 0. The first kappa shape index (κ1) is 15.4. The van der Waals surface area contributed by atoms with E-state index in [1.807, 2.05) is 0 Å². The summed E-state index contributed by atoms with van der Waals surface area (Å²) in [5.74, 6) is 1.82. The Labute approximate surface area is 120 Å². The maximum Gasteiger partial charge on any atom is 0.0711 e. The number of hydrogen-bond acceptors (Lipinski definition) is 1. The van der Waals surface area contributed by atoms with Crippen molar-refractivity contribution in [2.45, 2.75) is 91.1 Å². The minimum absolute atomic E-state index is 0.241. The van der Waals surface area contributed by atoms with Crippen molar-refractivity contribution in [3.05, 3.63) is 0 Å². The molecule has 0 bridgehead atoms. The molecule has 0 radical (unpaired) electrons. The van der Waals surface area contributed by atoms with Crippen LogP contribution in [-0.2, 0) is 0 Å². The SMILES string of the molecule is CCC1CCCCC1C1(O)CCCCC1C(C)(C)C. The van der Waals surface area contributed by atoms with Gasteiger partial charge >= 0.3 is 0 Å². The molecule has 2 rings (SSSR count). The van der Waals surface area contributed by atoms with E-state index in [4.69, 9.17) is 0 Å². The summed E-state index contributed by atoms with van der Waals surface area (Å²) in [6.45, 7) is 9.31. The van der Waals surface area contributed by atoms with Gasteiger partial charge in [0.15, 0.2) is 0 Å². The van der Waals surface area contributed by atoms with Crippen molar-refractivity contribution in [3.8, 4) is 0 Å². The minimum atomic E-state index is -0.377. The van der Waals surface area contributed by atoms with E-state index in [1.165, 1.54) is 51.4 Å². The third kappa shape index (κ3) is 3.01. The molecule has 0 saturated heterocycles. The van der Waals surface area contributed by atoms with E-state index in [0.717, 1.165) is 12.3 Å². The summed E-state index contributed by atoms with van der Waals surface area (Å²) in [4.78, 5) is 0. The van der Waals surface area contributed by atoms with Gasteiger partial charge < -0.3 is 5.11 Å².